The number of urea groups is 1. The van der Waals surface area contributed by atoms with Crippen LogP contribution in [0, 0.1) is 29.6 Å². The third-order valence-corrected chi connectivity index (χ3v) is 21.3. The molecule has 570 valence electrons. The predicted octanol–water partition coefficient (Wildman–Crippen LogP) is 7.40. The number of esters is 1. The predicted molar refractivity (Wildman–Crippen MR) is 388 cm³/mol. The number of carboxylic acid groups (broad SMARTS) is 3. The van der Waals surface area contributed by atoms with Gasteiger partial charge in [-0.05, 0) is 113 Å². The number of ether oxygens (including phenoxy) is 2. The number of unbranched alkanes of at least 4 members (excludes halogenated alkanes) is 1. The van der Waals surface area contributed by atoms with E-state index in [0.29, 0.717) is 29.8 Å². The Hall–Kier alpha value is -8.36. The summed E-state index contributed by atoms with van der Waals surface area (Å²) in [5, 5.41) is 53.9. The highest BCUT2D eigenvalue weighted by molar-refractivity contribution is 8.76. The van der Waals surface area contributed by atoms with E-state index in [4.69, 9.17) is 14.5 Å². The van der Waals surface area contributed by atoms with E-state index in [2.05, 4.69) is 42.3 Å². The molecule has 29 nitrogen and oxygen atoms in total. The van der Waals surface area contributed by atoms with Gasteiger partial charge in [-0.3, -0.25) is 53.5 Å². The van der Waals surface area contributed by atoms with Crippen LogP contribution in [0.5, 0.6) is 5.75 Å². The number of carbonyl (C=O) groups is 13. The third kappa shape index (κ3) is 31.6. The maximum Gasteiger partial charge on any atom is 0.426 e. The summed E-state index contributed by atoms with van der Waals surface area (Å²) >= 11 is 1.27. The molecule has 11 atom stereocenters. The van der Waals surface area contributed by atoms with Crippen molar-refractivity contribution >= 4 is 110 Å². The molecule has 1 unspecified atom stereocenters. The van der Waals surface area contributed by atoms with Crippen LogP contribution in [-0.2, 0) is 70.3 Å². The minimum Gasteiger partial charge on any atom is -0.508 e. The van der Waals surface area contributed by atoms with Crippen molar-refractivity contribution in [3.8, 4) is 5.75 Å². The lowest BCUT2D eigenvalue weighted by Gasteiger charge is -2.39. The van der Waals surface area contributed by atoms with Gasteiger partial charge in [0.1, 0.15) is 30.1 Å². The lowest BCUT2D eigenvalue weighted by Crippen LogP contribution is -2.50. The number of phenolic OH excluding ortho intramolecular Hbond substituents is 1. The Morgan fingerprint density at radius 2 is 1.44 bits per heavy atom. The van der Waals surface area contributed by atoms with Crippen LogP contribution in [0.1, 0.15) is 178 Å². The number of aromatic nitrogens is 1. The molecule has 1 fully saturated rings. The molecule has 0 aliphatic carbocycles. The van der Waals surface area contributed by atoms with E-state index >= 15 is 0 Å². The molecule has 0 saturated carbocycles. The molecule has 8 amide bonds. The number of hydrazine groups is 1. The van der Waals surface area contributed by atoms with E-state index in [1.165, 1.54) is 30.4 Å². The van der Waals surface area contributed by atoms with Crippen LogP contribution in [0.4, 0.5) is 9.59 Å². The van der Waals surface area contributed by atoms with Gasteiger partial charge in [-0.25, -0.2) is 29.6 Å². The fourth-order valence-electron chi connectivity index (χ4n) is 11.8. The molecule has 1 saturated heterocycles. The smallest absolute Gasteiger partial charge is 0.426 e. The minimum atomic E-state index is -1.60. The second-order valence-electron chi connectivity index (χ2n) is 26.5. The summed E-state index contributed by atoms with van der Waals surface area (Å²) < 4.78 is 11.0. The summed E-state index contributed by atoms with van der Waals surface area (Å²) in [6.45, 7) is 14.8. The summed E-state index contributed by atoms with van der Waals surface area (Å²) in [6.07, 6.45) is 2.92. The molecule has 2 aromatic carbocycles. The molecule has 32 heteroatoms. The van der Waals surface area contributed by atoms with Crippen molar-refractivity contribution < 1.29 is 92.2 Å². The Kier molecular flexibility index (Phi) is 38.6. The molecule has 2 heterocycles. The lowest BCUT2D eigenvalue weighted by molar-refractivity contribution is -0.160. The number of ketones is 2. The quantitative estimate of drug-likeness (QED) is 0.00862. The van der Waals surface area contributed by atoms with Crippen LogP contribution in [0.2, 0.25) is 0 Å². The van der Waals surface area contributed by atoms with Crippen molar-refractivity contribution in [1.29, 1.82) is 0 Å². The highest BCUT2D eigenvalue weighted by Gasteiger charge is 2.40. The first-order valence-corrected chi connectivity index (χ1v) is 38.3. The zero-order valence-electron chi connectivity index (χ0n) is 60.2. The van der Waals surface area contributed by atoms with Crippen LogP contribution >= 0.6 is 32.9 Å². The first-order chi connectivity index (χ1) is 48.9. The second kappa shape index (κ2) is 45.7. The summed E-state index contributed by atoms with van der Waals surface area (Å²) in [5.41, 5.74) is 5.98. The average Bonchev–Trinajstić information content (AvgIpc) is 1.75. The number of carbonyl (C=O) groups excluding carboxylic acids is 10. The van der Waals surface area contributed by atoms with Gasteiger partial charge in [0.05, 0.1) is 23.5 Å². The third-order valence-electron chi connectivity index (χ3n) is 17.8. The number of thiazole rings is 1. The van der Waals surface area contributed by atoms with Gasteiger partial charge in [-0.2, -0.15) is 0 Å². The molecule has 1 aliphatic heterocycles. The van der Waals surface area contributed by atoms with E-state index in [1.54, 1.807) is 59.7 Å². The van der Waals surface area contributed by atoms with E-state index in [0.717, 1.165) is 53.0 Å². The molecule has 11 N–H and O–H groups in total. The normalized spacial score (nSPS) is 15.9. The van der Waals surface area contributed by atoms with E-state index in [-0.39, 0.29) is 130 Å². The van der Waals surface area contributed by atoms with Crippen molar-refractivity contribution in [3.05, 3.63) is 81.8 Å². The number of amides is 8. The largest absolute Gasteiger partial charge is 0.508 e. The van der Waals surface area contributed by atoms with Gasteiger partial charge >= 0.3 is 36.0 Å². The maximum absolute atomic E-state index is 15.0. The first-order valence-electron chi connectivity index (χ1n) is 35.0. The fraction of sp³-hybridized carbons (Fsp3) is 0.606. The Morgan fingerprint density at radius 3 is 2.07 bits per heavy atom. The number of nitrogens with one attached hydrogen (secondary N) is 7. The minimum absolute atomic E-state index is 0.00365. The SMILES string of the molecule is CCCC(=O)OCN(C(=O)[C@@H](CC(=O)[C@H]1CCCCN1C)C(C)CC)[C@H](C[C@@H](C)c1nc(C(=O)N[C@@H](Cc2ccc(O)cc2)C[C@H](C)C(=O)NNC(=O)OCCSSC[C@H](NC(=O)[C@@H](CC(=O)[C@H](CC(=O)O)NC(=O)NCCCC[C@H](NC(C)=O)C(=O)O)Cc2ccccc2)C(=O)O)cs1)C(C)C. The molecule has 103 heavy (non-hydrogen) atoms. The summed E-state index contributed by atoms with van der Waals surface area (Å²) in [7, 11) is 4.07. The number of piperidine rings is 1. The first kappa shape index (κ1) is 87.0. The highest BCUT2D eigenvalue weighted by atomic mass is 33.1. The molecule has 0 radical (unpaired) electrons. The molecular formula is C71H104N10O19S3. The summed E-state index contributed by atoms with van der Waals surface area (Å²) in [6, 6.07) is 8.29. The van der Waals surface area contributed by atoms with Crippen LogP contribution in [-0.4, -0.2) is 194 Å². The molecule has 4 rings (SSSR count). The number of likely N-dealkylation sites (tertiary alicyclic amines) is 1. The Balaban J connectivity index is 1.33. The second-order valence-corrected chi connectivity index (χ2v) is 30.0. The Labute approximate surface area is 613 Å². The van der Waals surface area contributed by atoms with Gasteiger partial charge in [0.2, 0.25) is 23.6 Å². The van der Waals surface area contributed by atoms with Gasteiger partial charge in [0.25, 0.3) is 5.91 Å². The lowest BCUT2D eigenvalue weighted by atomic mass is 9.82. The van der Waals surface area contributed by atoms with Gasteiger partial charge in [0.15, 0.2) is 18.3 Å². The van der Waals surface area contributed by atoms with E-state index in [9.17, 15) is 82.8 Å². The molecule has 0 bridgehead atoms. The Bertz CT molecular complexity index is 3290. The number of phenols is 1. The number of hydrogen-bond donors (Lipinski definition) is 11. The number of likely N-dealkylation sites (N-methyl/N-ethyl adjacent to an activating group) is 1. The number of Topliss-reactive ketones (excluding diaryl/α,β-unsaturated/α-hetero) is 2. The maximum atomic E-state index is 15.0. The number of carboxylic acids is 3. The van der Waals surface area contributed by atoms with Crippen LogP contribution in [0.15, 0.2) is 60.0 Å². The molecule has 1 aliphatic rings. The molecule has 3 aromatic rings. The fourth-order valence-corrected chi connectivity index (χ4v) is 14.6. The molecule has 1 aromatic heterocycles. The topological polar surface area (TPSA) is 425 Å². The number of hydrogen-bond acceptors (Lipinski definition) is 21. The van der Waals surface area contributed by atoms with E-state index < -0.39 is 126 Å². The monoisotopic (exact) mass is 1500 g/mol. The van der Waals surface area contributed by atoms with Crippen molar-refractivity contribution in [2.75, 3.05) is 45.0 Å². The van der Waals surface area contributed by atoms with Gasteiger partial charge in [0, 0.05) is 85.4 Å². The van der Waals surface area contributed by atoms with Crippen LogP contribution in [0.25, 0.3) is 0 Å². The van der Waals surface area contributed by atoms with Crippen molar-refractivity contribution in [1.82, 2.24) is 52.2 Å². The van der Waals surface area contributed by atoms with Crippen molar-refractivity contribution in [2.24, 2.45) is 29.6 Å². The number of rotatable bonds is 46. The van der Waals surface area contributed by atoms with Gasteiger partial charge in [-0.15, -0.1) is 11.3 Å². The van der Waals surface area contributed by atoms with Crippen molar-refractivity contribution in [2.45, 2.75) is 200 Å². The molecular weight excluding hydrogens is 1390 g/mol. The number of benzene rings is 2. The Morgan fingerprint density at radius 1 is 0.748 bits per heavy atom. The van der Waals surface area contributed by atoms with Crippen LogP contribution in [0.3, 0.4) is 0 Å². The van der Waals surface area contributed by atoms with E-state index in [1.807, 2.05) is 48.6 Å². The highest BCUT2D eigenvalue weighted by Crippen LogP contribution is 2.33. The summed E-state index contributed by atoms with van der Waals surface area (Å²) in [4.78, 5) is 178. The summed E-state index contributed by atoms with van der Waals surface area (Å²) in [5.74, 6) is -11.4. The zero-order valence-corrected chi connectivity index (χ0v) is 62.7. The number of aliphatic carboxylic acids is 3. The van der Waals surface area contributed by atoms with Gasteiger partial charge < -0.3 is 61.4 Å². The zero-order chi connectivity index (χ0) is 76.3. The average molecular weight is 1500 g/mol. The van der Waals surface area contributed by atoms with Gasteiger partial charge in [-0.1, -0.05) is 125 Å². The standard InChI is InChI=1S/C71H104N10O19S3/c1-10-19-62(88)100-41-81(67(92)52(43(5)11-2)37-60(85)57-23-16-18-29-80(57)9)58(42(3)4)33-45(7)66-76-55(39-101-66)65(91)74-50(35-48-24-26-51(83)27-25-48)32-44(6)63(89)78-79-71(98)99-30-31-102-103-40-56(69(95)96)75-64(90)49(34-47-20-13-12-14-21-47)36-59(84)54(38-61(86)87)77-70(97)72-28-17-15-22-53(68(93)94)73-46(8)82/h12-14,20-21,24-27,39,42-45,49-50,52-54,56-58,83H,10-11,15-19,22-23,28-38,40-41H2,1-9H3,(H,73,82)(H,74,91)(H,75,90)(H,78,89)(H,79,98)(H,86,87)(H,93,94)(H,95,96)(H2,72,77,97)/t43?,44-,45+,49+,50+,52-,53-,54-,56-,57+,58+/m0/s1. The number of nitrogens with zero attached hydrogens (tertiary/aromatic N) is 3. The van der Waals surface area contributed by atoms with Crippen molar-refractivity contribution in [3.63, 3.8) is 0 Å². The molecule has 0 spiro atoms. The number of aromatic hydroxyl groups is 1. The van der Waals surface area contributed by atoms with Crippen LogP contribution < -0.4 is 37.4 Å².